The summed E-state index contributed by atoms with van der Waals surface area (Å²) in [5.41, 5.74) is 6.99. The molecule has 4 rings (SSSR count). The average Bonchev–Trinajstić information content (AvgIpc) is 2.99. The lowest BCUT2D eigenvalue weighted by Gasteiger charge is -2.43. The number of hydrogen-bond donors (Lipinski definition) is 2. The average molecular weight is 340 g/mol. The normalized spacial score (nSPS) is 24.0. The molecular formula is C16H20N8O. The van der Waals surface area contributed by atoms with Gasteiger partial charge in [0.25, 0.3) is 0 Å². The first-order valence-electron chi connectivity index (χ1n) is 8.15. The van der Waals surface area contributed by atoms with E-state index in [0.717, 1.165) is 24.5 Å². The van der Waals surface area contributed by atoms with E-state index in [1.54, 1.807) is 12.7 Å². The first kappa shape index (κ1) is 15.7. The number of β-amino-alcohol motifs (C(OH)–C–C–N with tert-alkyl or cyclic N) is 1. The van der Waals surface area contributed by atoms with Gasteiger partial charge < -0.3 is 20.3 Å². The highest BCUT2D eigenvalue weighted by molar-refractivity contribution is 5.81. The van der Waals surface area contributed by atoms with Gasteiger partial charge in [0.15, 0.2) is 11.5 Å². The zero-order valence-electron chi connectivity index (χ0n) is 14.2. The molecule has 4 heterocycles. The third-order valence-corrected chi connectivity index (χ3v) is 4.74. The fourth-order valence-electron chi connectivity index (χ4n) is 3.51. The monoisotopic (exact) mass is 340 g/mol. The fraction of sp³-hybridized carbons (Fsp3) is 0.438. The number of rotatable bonds is 2. The van der Waals surface area contributed by atoms with E-state index in [2.05, 4.69) is 29.8 Å². The van der Waals surface area contributed by atoms with Gasteiger partial charge in [-0.05, 0) is 20.3 Å². The van der Waals surface area contributed by atoms with Crippen LogP contribution in [0.1, 0.15) is 25.1 Å². The highest BCUT2D eigenvalue weighted by Gasteiger charge is 2.40. The number of aryl methyl sites for hydroxylation is 1. The summed E-state index contributed by atoms with van der Waals surface area (Å²) in [6.07, 6.45) is 5.38. The van der Waals surface area contributed by atoms with Gasteiger partial charge in [-0.1, -0.05) is 0 Å². The molecule has 2 atom stereocenters. The van der Waals surface area contributed by atoms with Gasteiger partial charge >= 0.3 is 0 Å². The third kappa shape index (κ3) is 2.66. The second-order valence-electron chi connectivity index (χ2n) is 6.68. The Morgan fingerprint density at radius 1 is 1.20 bits per heavy atom. The predicted octanol–water partition coefficient (Wildman–Crippen LogP) is 0.709. The summed E-state index contributed by atoms with van der Waals surface area (Å²) >= 11 is 0. The molecule has 0 radical (unpaired) electrons. The van der Waals surface area contributed by atoms with Crippen LogP contribution in [0.5, 0.6) is 0 Å². The number of imidazole rings is 1. The minimum atomic E-state index is -0.982. The molecule has 25 heavy (non-hydrogen) atoms. The van der Waals surface area contributed by atoms with Crippen molar-refractivity contribution in [1.29, 1.82) is 0 Å². The van der Waals surface area contributed by atoms with Crippen LogP contribution in [0.15, 0.2) is 25.0 Å². The molecule has 0 aromatic carbocycles. The van der Waals surface area contributed by atoms with Crippen LogP contribution in [0.3, 0.4) is 0 Å². The maximum Gasteiger partial charge on any atom is 0.165 e. The molecule has 0 bridgehead atoms. The summed E-state index contributed by atoms with van der Waals surface area (Å²) in [5.74, 6) is 1.17. The van der Waals surface area contributed by atoms with E-state index in [1.165, 1.54) is 6.33 Å². The second-order valence-corrected chi connectivity index (χ2v) is 6.68. The van der Waals surface area contributed by atoms with Crippen molar-refractivity contribution < 1.29 is 5.11 Å². The topological polar surface area (TPSA) is 119 Å². The Bertz CT molecular complexity index is 921. The Morgan fingerprint density at radius 3 is 2.76 bits per heavy atom. The van der Waals surface area contributed by atoms with E-state index in [1.807, 2.05) is 24.5 Å². The lowest BCUT2D eigenvalue weighted by Crippen LogP contribution is -2.53. The van der Waals surface area contributed by atoms with Crippen molar-refractivity contribution >= 4 is 22.8 Å². The van der Waals surface area contributed by atoms with Crippen molar-refractivity contribution in [1.82, 2.24) is 29.5 Å². The van der Waals surface area contributed by atoms with Crippen LogP contribution in [0.4, 0.5) is 11.6 Å². The molecule has 9 heteroatoms. The number of nitrogen functional groups attached to an aromatic ring is 1. The maximum absolute atomic E-state index is 11.1. The highest BCUT2D eigenvalue weighted by atomic mass is 16.3. The number of aromatic nitrogens is 6. The lowest BCUT2D eigenvalue weighted by atomic mass is 9.88. The van der Waals surface area contributed by atoms with Gasteiger partial charge in [0.1, 0.15) is 29.6 Å². The Kier molecular flexibility index (Phi) is 3.53. The van der Waals surface area contributed by atoms with Gasteiger partial charge in [-0.25, -0.2) is 24.9 Å². The summed E-state index contributed by atoms with van der Waals surface area (Å²) in [4.78, 5) is 23.1. The Balaban J connectivity index is 1.66. The Morgan fingerprint density at radius 2 is 2.00 bits per heavy atom. The van der Waals surface area contributed by atoms with Crippen LogP contribution >= 0.6 is 0 Å². The van der Waals surface area contributed by atoms with Crippen LogP contribution in [-0.4, -0.2) is 53.3 Å². The minimum Gasteiger partial charge on any atom is -0.386 e. The number of aliphatic hydroxyl groups is 1. The van der Waals surface area contributed by atoms with Crippen LogP contribution < -0.4 is 10.6 Å². The number of hydrogen-bond acceptors (Lipinski definition) is 8. The molecule has 0 saturated carbocycles. The first-order chi connectivity index (χ1) is 12.0. The van der Waals surface area contributed by atoms with Gasteiger partial charge in [-0.3, -0.25) is 0 Å². The van der Waals surface area contributed by atoms with Crippen LogP contribution in [0.25, 0.3) is 11.2 Å². The minimum absolute atomic E-state index is 0.161. The Hall–Kier alpha value is -2.81. The zero-order chi connectivity index (χ0) is 17.6. The van der Waals surface area contributed by atoms with E-state index in [0.29, 0.717) is 23.5 Å². The Labute approximate surface area is 144 Å². The SMILES string of the molecule is Cc1cc(N2CC[C@@H](n3cnc4c(N)ncnc43)[C@](C)(O)C2)ncn1. The molecule has 0 amide bonds. The lowest BCUT2D eigenvalue weighted by molar-refractivity contribution is -0.00252. The van der Waals surface area contributed by atoms with Crippen molar-refractivity contribution in [2.45, 2.75) is 31.9 Å². The molecular weight excluding hydrogens is 320 g/mol. The van der Waals surface area contributed by atoms with Gasteiger partial charge in [0.05, 0.1) is 12.4 Å². The largest absolute Gasteiger partial charge is 0.386 e. The van der Waals surface area contributed by atoms with Crippen LogP contribution in [-0.2, 0) is 0 Å². The van der Waals surface area contributed by atoms with Gasteiger partial charge in [-0.2, -0.15) is 0 Å². The fourth-order valence-corrected chi connectivity index (χ4v) is 3.51. The second kappa shape index (κ2) is 5.62. The number of fused-ring (bicyclic) bond motifs is 1. The molecule has 3 aromatic heterocycles. The highest BCUT2D eigenvalue weighted by Crippen LogP contribution is 2.35. The van der Waals surface area contributed by atoms with E-state index >= 15 is 0 Å². The van der Waals surface area contributed by atoms with Crippen LogP contribution in [0.2, 0.25) is 0 Å². The number of nitrogens with two attached hydrogens (primary N) is 1. The molecule has 1 fully saturated rings. The summed E-state index contributed by atoms with van der Waals surface area (Å²) < 4.78 is 1.90. The first-order valence-corrected chi connectivity index (χ1v) is 8.15. The van der Waals surface area contributed by atoms with Crippen molar-refractivity contribution in [3.05, 3.63) is 30.7 Å². The smallest absolute Gasteiger partial charge is 0.165 e. The molecule has 0 unspecified atom stereocenters. The standard InChI is InChI=1S/C16H20N8O/c1-10-5-12(19-7-18-10)23-4-3-11(16(2,25)6-23)24-9-22-13-14(17)20-8-21-15(13)24/h5,7-9,11,25H,3-4,6H2,1-2H3,(H2,17,20,21)/t11-,16-/m1/s1. The van der Waals surface area contributed by atoms with Gasteiger partial charge in [0.2, 0.25) is 0 Å². The molecule has 1 aliphatic heterocycles. The van der Waals surface area contributed by atoms with E-state index in [-0.39, 0.29) is 6.04 Å². The molecule has 3 N–H and O–H groups in total. The van der Waals surface area contributed by atoms with Crippen molar-refractivity contribution in [2.24, 2.45) is 0 Å². The number of anilines is 2. The predicted molar refractivity (Wildman–Crippen MR) is 93.0 cm³/mol. The quantitative estimate of drug-likeness (QED) is 0.700. The molecule has 0 spiro atoms. The zero-order valence-corrected chi connectivity index (χ0v) is 14.2. The molecule has 9 nitrogen and oxygen atoms in total. The van der Waals surface area contributed by atoms with Crippen molar-refractivity contribution in [3.8, 4) is 0 Å². The van der Waals surface area contributed by atoms with Gasteiger partial charge in [0, 0.05) is 24.8 Å². The van der Waals surface area contributed by atoms with Crippen molar-refractivity contribution in [2.75, 3.05) is 23.7 Å². The third-order valence-electron chi connectivity index (χ3n) is 4.74. The number of piperidine rings is 1. The molecule has 0 aliphatic carbocycles. The summed E-state index contributed by atoms with van der Waals surface area (Å²) in [7, 11) is 0. The molecule has 130 valence electrons. The number of nitrogens with zero attached hydrogens (tertiary/aromatic N) is 7. The molecule has 1 aliphatic rings. The van der Waals surface area contributed by atoms with Crippen molar-refractivity contribution in [3.63, 3.8) is 0 Å². The summed E-state index contributed by atoms with van der Waals surface area (Å²) in [6.45, 7) is 4.97. The van der Waals surface area contributed by atoms with E-state index in [4.69, 9.17) is 5.73 Å². The molecule has 1 saturated heterocycles. The van der Waals surface area contributed by atoms with E-state index < -0.39 is 5.60 Å². The van der Waals surface area contributed by atoms with Crippen LogP contribution in [0, 0.1) is 6.92 Å². The van der Waals surface area contributed by atoms with E-state index in [9.17, 15) is 5.11 Å². The summed E-state index contributed by atoms with van der Waals surface area (Å²) in [5, 5.41) is 11.1. The summed E-state index contributed by atoms with van der Waals surface area (Å²) in [6, 6.07) is 1.77. The maximum atomic E-state index is 11.1. The molecule has 3 aromatic rings. The van der Waals surface area contributed by atoms with Gasteiger partial charge in [-0.15, -0.1) is 0 Å².